The minimum Gasteiger partial charge on any atom is -0.432 e. The van der Waals surface area contributed by atoms with Crippen LogP contribution in [0.15, 0.2) is 12.2 Å². The van der Waals surface area contributed by atoms with E-state index in [1.165, 1.54) is 0 Å². The fourth-order valence-electron chi connectivity index (χ4n) is 14.9. The third kappa shape index (κ3) is 10.4. The van der Waals surface area contributed by atoms with Crippen molar-refractivity contribution in [1.82, 2.24) is 0 Å². The van der Waals surface area contributed by atoms with Gasteiger partial charge in [-0.2, -0.15) is 0 Å². The van der Waals surface area contributed by atoms with Crippen molar-refractivity contribution < 1.29 is 139 Å². The Hall–Kier alpha value is -1.83. The summed E-state index contributed by atoms with van der Waals surface area (Å²) in [4.78, 5) is 14.4. The molecule has 448 valence electrons. The molecule has 78 heavy (non-hydrogen) atoms. The third-order valence-electron chi connectivity index (χ3n) is 19.2. The first kappa shape index (κ1) is 60.8. The highest BCUT2D eigenvalue weighted by Gasteiger charge is 2.70. The number of aliphatic hydroxyl groups is 17. The van der Waals surface area contributed by atoms with Crippen molar-refractivity contribution >= 4 is 5.97 Å². The van der Waals surface area contributed by atoms with Gasteiger partial charge in [0.25, 0.3) is 0 Å². The zero-order valence-corrected chi connectivity index (χ0v) is 43.3. The molecule has 0 radical (unpaired) electrons. The van der Waals surface area contributed by atoms with E-state index in [1.54, 1.807) is 0 Å². The second kappa shape index (κ2) is 23.3. The van der Waals surface area contributed by atoms with Crippen LogP contribution in [0.4, 0.5) is 0 Å². The monoisotopic (exact) mass is 1130 g/mol. The van der Waals surface area contributed by atoms with Gasteiger partial charge in [0.05, 0.1) is 44.1 Å². The highest BCUT2D eigenvalue weighted by Crippen LogP contribution is 2.74. The number of hydrogen-bond acceptors (Lipinski definition) is 28. The Morgan fingerprint density at radius 3 is 1.53 bits per heavy atom. The topological polar surface area (TPSA) is 453 Å². The fraction of sp³-hybridized carbons (Fsp3) is 0.940. The van der Waals surface area contributed by atoms with Crippen LogP contribution in [0.1, 0.15) is 71.6 Å². The highest BCUT2D eigenvalue weighted by molar-refractivity contribution is 5.77. The zero-order valence-electron chi connectivity index (χ0n) is 43.3. The first-order chi connectivity index (χ1) is 36.8. The smallest absolute Gasteiger partial charge is 0.314 e. The van der Waals surface area contributed by atoms with E-state index >= 15 is 0 Å². The number of aliphatic hydroxyl groups excluding tert-OH is 17. The van der Waals surface area contributed by atoms with Crippen molar-refractivity contribution in [3.05, 3.63) is 12.2 Å². The van der Waals surface area contributed by atoms with Crippen LogP contribution in [-0.2, 0) is 52.2 Å². The standard InChI is InChI=1S/C50H80O28/c1-18-11-49-9-5-24-47(2,7-4-8-48(24,3)46(68)77-44-38(67)33(62)28(57)21(14-53)72-44)25(49)6-10-50(18,17-49)78-45-40(39(30(59)22(15-54)73-45)75-42-36(65)32(61)27(56)20(13-52)71-42)76-43-37(66)34(63)29(58)23(74-43)16-69-41-35(64)31(60)26(55)19(12-51)70-41/h19-45,51-67H,1,4-17H2,2-3H3/t19?,20?,21?,22?,23?,24-,25-,26+,27+,28+,29+,30+,31?,32?,33?,34?,35?,36?,37?,38?,39?,40?,41+,42-,43-,44-,45-,47+,48+,49+,50-/m0/s1. The summed E-state index contributed by atoms with van der Waals surface area (Å²) in [6.45, 7) is 4.51. The summed E-state index contributed by atoms with van der Waals surface area (Å²) in [7, 11) is 0. The largest absolute Gasteiger partial charge is 0.432 e. The Balaban J connectivity index is 0.983. The average molecular weight is 1130 g/mol. The Kier molecular flexibility index (Phi) is 18.2. The number of esters is 1. The predicted molar refractivity (Wildman–Crippen MR) is 252 cm³/mol. The Labute approximate surface area is 448 Å². The molecule has 4 aliphatic carbocycles. The molecule has 9 aliphatic rings. The van der Waals surface area contributed by atoms with Gasteiger partial charge in [-0.15, -0.1) is 0 Å². The van der Waals surface area contributed by atoms with E-state index in [1.807, 2.05) is 6.92 Å². The van der Waals surface area contributed by atoms with Gasteiger partial charge < -0.3 is 134 Å². The maximum absolute atomic E-state index is 14.4. The van der Waals surface area contributed by atoms with Crippen molar-refractivity contribution in [3.8, 4) is 0 Å². The minimum atomic E-state index is -2.10. The highest BCUT2D eigenvalue weighted by atomic mass is 16.8. The summed E-state index contributed by atoms with van der Waals surface area (Å²) in [6, 6.07) is 0. The summed E-state index contributed by atoms with van der Waals surface area (Å²) in [5.41, 5.74) is -2.64. The van der Waals surface area contributed by atoms with E-state index in [0.717, 1.165) is 6.42 Å². The summed E-state index contributed by atoms with van der Waals surface area (Å²) < 4.78 is 59.9. The van der Waals surface area contributed by atoms with E-state index in [-0.39, 0.29) is 11.8 Å². The van der Waals surface area contributed by atoms with Crippen LogP contribution >= 0.6 is 0 Å². The van der Waals surface area contributed by atoms with Gasteiger partial charge in [0, 0.05) is 0 Å². The van der Waals surface area contributed by atoms with Gasteiger partial charge in [0.1, 0.15) is 122 Å². The molecular formula is C50H80O28. The van der Waals surface area contributed by atoms with Crippen LogP contribution < -0.4 is 0 Å². The molecule has 15 unspecified atom stereocenters. The molecule has 0 aromatic heterocycles. The maximum atomic E-state index is 14.4. The van der Waals surface area contributed by atoms with E-state index in [4.69, 9.17) is 47.4 Å². The molecule has 28 nitrogen and oxygen atoms in total. The third-order valence-corrected chi connectivity index (χ3v) is 19.2. The Morgan fingerprint density at radius 2 is 0.962 bits per heavy atom. The number of fused-ring (bicyclic) bond motifs is 3. The molecule has 5 saturated heterocycles. The first-order valence-corrected chi connectivity index (χ1v) is 26.9. The van der Waals surface area contributed by atoms with Crippen molar-refractivity contribution in [2.24, 2.45) is 28.1 Å². The molecule has 17 N–H and O–H groups in total. The predicted octanol–water partition coefficient (Wildman–Crippen LogP) is -7.29. The lowest BCUT2D eigenvalue weighted by molar-refractivity contribution is -0.401. The molecule has 31 atom stereocenters. The molecule has 9 fully saturated rings. The molecule has 5 aliphatic heterocycles. The van der Waals surface area contributed by atoms with Crippen LogP contribution in [-0.4, -0.2) is 285 Å². The SMILES string of the molecule is C=C1C[C@@]23CC[C@H]4[C@@](C)(CCC[C@@]4(C)C(=O)O[C@@H]4OC(CO)[C@@H](O)C(O)C4O)[C@@H]2CC[C@]1(O[C@@H]1OC(CO)[C@@H](O)C(O[C@@H]2OC(CO)[C@@H](O)C(O)C2O)C1O[C@@H]1OC(CO[C@@H]2OC(CO)[C@@H](O)C(O)C2O)[C@@H](O)C(O)C1O)C3. The number of hydrogen-bond donors (Lipinski definition) is 17. The molecule has 2 bridgehead atoms. The molecule has 28 heteroatoms. The van der Waals surface area contributed by atoms with Crippen LogP contribution in [0.2, 0.25) is 0 Å². The molecule has 5 heterocycles. The summed E-state index contributed by atoms with van der Waals surface area (Å²) >= 11 is 0. The second-order valence-corrected chi connectivity index (χ2v) is 23.7. The van der Waals surface area contributed by atoms with Crippen molar-refractivity contribution in [2.45, 2.75) is 231 Å². The number of ether oxygens (including phenoxy) is 10. The minimum absolute atomic E-state index is 0.0335. The van der Waals surface area contributed by atoms with Gasteiger partial charge in [0.15, 0.2) is 25.2 Å². The molecule has 1 spiro atoms. The van der Waals surface area contributed by atoms with Gasteiger partial charge in [0.2, 0.25) is 6.29 Å². The number of carbonyl (C=O) groups excluding carboxylic acids is 1. The number of carbonyl (C=O) groups is 1. The van der Waals surface area contributed by atoms with Crippen molar-refractivity contribution in [2.75, 3.05) is 33.0 Å². The molecule has 4 saturated carbocycles. The van der Waals surface area contributed by atoms with E-state index in [2.05, 4.69) is 13.5 Å². The molecule has 0 aromatic rings. The van der Waals surface area contributed by atoms with Crippen LogP contribution in [0, 0.1) is 28.1 Å². The average Bonchev–Trinajstić information content (AvgIpc) is 3.85. The molecule has 9 rings (SSSR count). The lowest BCUT2D eigenvalue weighted by Gasteiger charge is -2.64. The lowest BCUT2D eigenvalue weighted by Crippen LogP contribution is -2.68. The number of rotatable bonds is 15. The van der Waals surface area contributed by atoms with Crippen LogP contribution in [0.3, 0.4) is 0 Å². The van der Waals surface area contributed by atoms with Gasteiger partial charge in [-0.05, 0) is 86.5 Å². The van der Waals surface area contributed by atoms with Gasteiger partial charge in [-0.25, -0.2) is 0 Å². The second-order valence-electron chi connectivity index (χ2n) is 23.7. The normalized spacial score (nSPS) is 54.5. The van der Waals surface area contributed by atoms with Crippen LogP contribution in [0.5, 0.6) is 0 Å². The fourth-order valence-corrected chi connectivity index (χ4v) is 14.9. The van der Waals surface area contributed by atoms with Crippen LogP contribution in [0.25, 0.3) is 0 Å². The summed E-state index contributed by atoms with van der Waals surface area (Å²) in [5.74, 6) is -0.942. The van der Waals surface area contributed by atoms with Gasteiger partial charge in [-0.3, -0.25) is 4.79 Å². The first-order valence-electron chi connectivity index (χ1n) is 26.9. The molecule has 0 amide bonds. The lowest BCUT2D eigenvalue weighted by atomic mass is 9.41. The summed E-state index contributed by atoms with van der Waals surface area (Å²) in [6.07, 6.45) is -40.0. The van der Waals surface area contributed by atoms with Crippen molar-refractivity contribution in [3.63, 3.8) is 0 Å². The zero-order chi connectivity index (χ0) is 56.7. The maximum Gasteiger partial charge on any atom is 0.314 e. The Morgan fingerprint density at radius 1 is 0.513 bits per heavy atom. The molecule has 0 aromatic carbocycles. The van der Waals surface area contributed by atoms with E-state index < -0.39 is 214 Å². The van der Waals surface area contributed by atoms with Gasteiger partial charge in [-0.1, -0.05) is 19.9 Å². The molecular weight excluding hydrogens is 1050 g/mol. The van der Waals surface area contributed by atoms with Gasteiger partial charge >= 0.3 is 5.97 Å². The quantitative estimate of drug-likeness (QED) is 0.0411. The Bertz CT molecular complexity index is 2070. The summed E-state index contributed by atoms with van der Waals surface area (Å²) in [5, 5.41) is 181. The van der Waals surface area contributed by atoms with E-state index in [0.29, 0.717) is 56.9 Å². The van der Waals surface area contributed by atoms with E-state index in [9.17, 15) is 91.6 Å². The van der Waals surface area contributed by atoms with Crippen molar-refractivity contribution in [1.29, 1.82) is 0 Å².